The lowest BCUT2D eigenvalue weighted by molar-refractivity contribution is -0.125. The number of halogens is 1. The van der Waals surface area contributed by atoms with Gasteiger partial charge in [0.05, 0.1) is 5.02 Å². The highest BCUT2D eigenvalue weighted by Gasteiger charge is 2.28. The van der Waals surface area contributed by atoms with Crippen LogP contribution in [0.5, 0.6) is 11.5 Å². The highest BCUT2D eigenvalue weighted by atomic mass is 35.5. The molecule has 0 fully saturated rings. The minimum atomic E-state index is -3.74. The summed E-state index contributed by atoms with van der Waals surface area (Å²) in [6.07, 6.45) is -0.852. The van der Waals surface area contributed by atoms with Crippen molar-refractivity contribution in [1.82, 2.24) is 4.31 Å². The van der Waals surface area contributed by atoms with Crippen molar-refractivity contribution in [3.8, 4) is 11.5 Å². The third-order valence-electron chi connectivity index (χ3n) is 3.76. The van der Waals surface area contributed by atoms with E-state index in [4.69, 9.17) is 21.1 Å². The van der Waals surface area contributed by atoms with Gasteiger partial charge in [0.25, 0.3) is 5.91 Å². The van der Waals surface area contributed by atoms with E-state index in [0.29, 0.717) is 17.2 Å². The molecule has 1 amide bonds. The van der Waals surface area contributed by atoms with Gasteiger partial charge in [0.2, 0.25) is 16.1 Å². The predicted molar refractivity (Wildman–Crippen MR) is 97.3 cm³/mol. The molecule has 1 atom stereocenters. The van der Waals surface area contributed by atoms with Crippen LogP contribution in [0.1, 0.15) is 0 Å². The van der Waals surface area contributed by atoms with Crippen LogP contribution in [0.15, 0.2) is 47.4 Å². The molecule has 0 saturated heterocycles. The number of nitrogens with one attached hydrogen (secondary N) is 1. The number of benzene rings is 2. The fraction of sp³-hybridized carbons (Fsp3) is 0.235. The summed E-state index contributed by atoms with van der Waals surface area (Å²) in [6, 6.07) is 11.3. The van der Waals surface area contributed by atoms with Crippen molar-refractivity contribution < 1.29 is 22.7 Å². The third kappa shape index (κ3) is 3.62. The van der Waals surface area contributed by atoms with Crippen molar-refractivity contribution in [2.45, 2.75) is 11.0 Å². The van der Waals surface area contributed by atoms with Crippen molar-refractivity contribution in [1.29, 1.82) is 0 Å². The van der Waals surface area contributed by atoms with Crippen LogP contribution in [0.2, 0.25) is 5.02 Å². The van der Waals surface area contributed by atoms with Gasteiger partial charge in [0.15, 0.2) is 11.5 Å². The Bertz CT molecular complexity index is 946. The summed E-state index contributed by atoms with van der Waals surface area (Å²) < 4.78 is 36.8. The Labute approximate surface area is 156 Å². The van der Waals surface area contributed by atoms with Crippen LogP contribution in [0.25, 0.3) is 0 Å². The standard InChI is InChI=1S/C17H17ClN2O5S/c1-20(2)26(22,23)16-9-11(7-8-12(16)18)19-17(21)15-10-24-13-5-3-4-6-14(13)25-15/h3-9,15H,10H2,1-2H3,(H,19,21)/t15-/m1/s1. The van der Waals surface area contributed by atoms with Gasteiger partial charge < -0.3 is 14.8 Å². The van der Waals surface area contributed by atoms with Crippen LogP contribution < -0.4 is 14.8 Å². The molecule has 1 aliphatic heterocycles. The van der Waals surface area contributed by atoms with Gasteiger partial charge in [-0.25, -0.2) is 12.7 Å². The van der Waals surface area contributed by atoms with Crippen LogP contribution in [0.3, 0.4) is 0 Å². The summed E-state index contributed by atoms with van der Waals surface area (Å²) in [6.45, 7) is 0.0549. The average Bonchev–Trinajstić information content (AvgIpc) is 2.62. The van der Waals surface area contributed by atoms with E-state index in [1.54, 1.807) is 18.2 Å². The molecule has 9 heteroatoms. The average molecular weight is 397 g/mol. The summed E-state index contributed by atoms with van der Waals surface area (Å²) in [5.41, 5.74) is 0.294. The number of fused-ring (bicyclic) bond motifs is 1. The Kier molecular flexibility index (Phi) is 5.08. The molecule has 0 radical (unpaired) electrons. The number of rotatable bonds is 4. The number of para-hydroxylation sites is 2. The monoisotopic (exact) mass is 396 g/mol. The molecule has 0 aliphatic carbocycles. The Morgan fingerprint density at radius 2 is 1.88 bits per heavy atom. The van der Waals surface area contributed by atoms with Gasteiger partial charge in [-0.1, -0.05) is 23.7 Å². The molecule has 2 aromatic carbocycles. The van der Waals surface area contributed by atoms with Crippen molar-refractivity contribution in [3.05, 3.63) is 47.5 Å². The second-order valence-electron chi connectivity index (χ2n) is 5.79. The zero-order valence-corrected chi connectivity index (χ0v) is 15.7. The fourth-order valence-corrected chi connectivity index (χ4v) is 3.74. The molecule has 0 unspecified atom stereocenters. The van der Waals surface area contributed by atoms with Gasteiger partial charge >= 0.3 is 0 Å². The van der Waals surface area contributed by atoms with Crippen LogP contribution in [0, 0.1) is 0 Å². The molecule has 7 nitrogen and oxygen atoms in total. The number of sulfonamides is 1. The molecule has 0 aromatic heterocycles. The summed E-state index contributed by atoms with van der Waals surface area (Å²) >= 11 is 6.00. The van der Waals surface area contributed by atoms with E-state index in [1.165, 1.54) is 32.3 Å². The van der Waals surface area contributed by atoms with Crippen LogP contribution in [-0.4, -0.2) is 45.4 Å². The first kappa shape index (κ1) is 18.5. The first-order valence-electron chi connectivity index (χ1n) is 7.70. The molecule has 1 N–H and O–H groups in total. The van der Waals surface area contributed by atoms with Crippen molar-refractivity contribution in [2.75, 3.05) is 26.0 Å². The SMILES string of the molecule is CN(C)S(=O)(=O)c1cc(NC(=O)[C@H]2COc3ccccc3O2)ccc1Cl. The Morgan fingerprint density at radius 1 is 1.19 bits per heavy atom. The maximum atomic E-state index is 12.4. The molecule has 0 spiro atoms. The van der Waals surface area contributed by atoms with E-state index >= 15 is 0 Å². The zero-order chi connectivity index (χ0) is 18.9. The van der Waals surface area contributed by atoms with E-state index in [-0.39, 0.29) is 16.5 Å². The Hall–Kier alpha value is -2.29. The molecule has 26 heavy (non-hydrogen) atoms. The number of amides is 1. The number of carbonyl (C=O) groups is 1. The highest BCUT2D eigenvalue weighted by Crippen LogP contribution is 2.31. The number of hydrogen-bond donors (Lipinski definition) is 1. The smallest absolute Gasteiger partial charge is 0.269 e. The summed E-state index contributed by atoms with van der Waals surface area (Å²) in [5.74, 6) is 0.600. The second-order valence-corrected chi connectivity index (χ2v) is 8.31. The molecule has 0 bridgehead atoms. The first-order valence-corrected chi connectivity index (χ1v) is 9.52. The molecule has 1 heterocycles. The molecule has 138 valence electrons. The number of anilines is 1. The molecular formula is C17H17ClN2O5S. The quantitative estimate of drug-likeness (QED) is 0.857. The maximum absolute atomic E-state index is 12.4. The molecule has 1 aliphatic rings. The fourth-order valence-electron chi connectivity index (χ4n) is 2.35. The third-order valence-corrected chi connectivity index (χ3v) is 6.06. The van der Waals surface area contributed by atoms with Gasteiger partial charge in [-0.3, -0.25) is 4.79 Å². The van der Waals surface area contributed by atoms with E-state index in [2.05, 4.69) is 5.32 Å². The molecular weight excluding hydrogens is 380 g/mol. The van der Waals surface area contributed by atoms with Crippen LogP contribution in [0.4, 0.5) is 5.69 Å². The number of nitrogens with zero attached hydrogens (tertiary/aromatic N) is 1. The van der Waals surface area contributed by atoms with E-state index in [9.17, 15) is 13.2 Å². The number of carbonyl (C=O) groups excluding carboxylic acids is 1. The zero-order valence-electron chi connectivity index (χ0n) is 14.1. The van der Waals surface area contributed by atoms with Crippen LogP contribution in [-0.2, 0) is 14.8 Å². The van der Waals surface area contributed by atoms with Gasteiger partial charge in [0, 0.05) is 19.8 Å². The highest BCUT2D eigenvalue weighted by molar-refractivity contribution is 7.89. The largest absolute Gasteiger partial charge is 0.485 e. The number of ether oxygens (including phenoxy) is 2. The molecule has 3 rings (SSSR count). The topological polar surface area (TPSA) is 84.9 Å². The summed E-state index contributed by atoms with van der Waals surface area (Å²) in [4.78, 5) is 12.4. The lowest BCUT2D eigenvalue weighted by Crippen LogP contribution is -2.40. The second kappa shape index (κ2) is 7.14. The Morgan fingerprint density at radius 3 is 2.58 bits per heavy atom. The van der Waals surface area contributed by atoms with Crippen molar-refractivity contribution in [2.24, 2.45) is 0 Å². The van der Waals surface area contributed by atoms with Gasteiger partial charge in [-0.2, -0.15) is 0 Å². The normalized spacial score (nSPS) is 16.4. The number of hydrogen-bond acceptors (Lipinski definition) is 5. The van der Waals surface area contributed by atoms with Gasteiger partial charge in [-0.05, 0) is 30.3 Å². The predicted octanol–water partition coefficient (Wildman–Crippen LogP) is 2.37. The van der Waals surface area contributed by atoms with E-state index < -0.39 is 22.0 Å². The summed E-state index contributed by atoms with van der Waals surface area (Å²) in [7, 11) is -0.928. The van der Waals surface area contributed by atoms with E-state index in [0.717, 1.165) is 4.31 Å². The first-order chi connectivity index (χ1) is 12.3. The van der Waals surface area contributed by atoms with Crippen molar-refractivity contribution in [3.63, 3.8) is 0 Å². The molecule has 0 saturated carbocycles. The minimum Gasteiger partial charge on any atom is -0.485 e. The van der Waals surface area contributed by atoms with Gasteiger partial charge in [0.1, 0.15) is 11.5 Å². The van der Waals surface area contributed by atoms with Gasteiger partial charge in [-0.15, -0.1) is 0 Å². The maximum Gasteiger partial charge on any atom is 0.269 e. The van der Waals surface area contributed by atoms with E-state index in [1.807, 2.05) is 6.07 Å². The molecule has 2 aromatic rings. The minimum absolute atomic E-state index is 0.0549. The lowest BCUT2D eigenvalue weighted by Gasteiger charge is -2.25. The van der Waals surface area contributed by atoms with Crippen LogP contribution >= 0.6 is 11.6 Å². The summed E-state index contributed by atoms with van der Waals surface area (Å²) in [5, 5.41) is 2.71. The Balaban J connectivity index is 1.79. The van der Waals surface area contributed by atoms with Crippen molar-refractivity contribution >= 4 is 33.2 Å². The lowest BCUT2D eigenvalue weighted by atomic mass is 10.2.